The lowest BCUT2D eigenvalue weighted by Crippen LogP contribution is -2.51. The van der Waals surface area contributed by atoms with Crippen LogP contribution in [-0.4, -0.2) is 28.6 Å². The SMILES string of the molecule is CCCCCCCCCCNC(=S)N1C(C)CCCC1C. The molecule has 0 aromatic heterocycles. The van der Waals surface area contributed by atoms with Gasteiger partial charge in [-0.25, -0.2) is 0 Å². The summed E-state index contributed by atoms with van der Waals surface area (Å²) in [5, 5.41) is 4.47. The highest BCUT2D eigenvalue weighted by Crippen LogP contribution is 2.22. The van der Waals surface area contributed by atoms with Crippen LogP contribution in [0, 0.1) is 0 Å². The fourth-order valence-electron chi connectivity index (χ4n) is 3.37. The summed E-state index contributed by atoms with van der Waals surface area (Å²) in [5.41, 5.74) is 0. The number of unbranched alkanes of at least 4 members (excludes halogenated alkanes) is 7. The third kappa shape index (κ3) is 7.49. The van der Waals surface area contributed by atoms with E-state index >= 15 is 0 Å². The number of hydrogen-bond donors (Lipinski definition) is 1. The summed E-state index contributed by atoms with van der Waals surface area (Å²) < 4.78 is 0. The molecular weight excluding hydrogens is 276 g/mol. The van der Waals surface area contributed by atoms with E-state index in [1.54, 1.807) is 0 Å². The summed E-state index contributed by atoms with van der Waals surface area (Å²) in [5.74, 6) is 0. The molecule has 1 aliphatic heterocycles. The van der Waals surface area contributed by atoms with Crippen molar-refractivity contribution < 1.29 is 0 Å². The first-order chi connectivity index (χ1) is 10.2. The predicted octanol–water partition coefficient (Wildman–Crippen LogP) is 5.26. The molecule has 0 saturated carbocycles. The van der Waals surface area contributed by atoms with Crippen molar-refractivity contribution in [2.24, 2.45) is 0 Å². The number of thiocarbonyl (C=S) groups is 1. The van der Waals surface area contributed by atoms with Crippen molar-refractivity contribution >= 4 is 17.3 Å². The van der Waals surface area contributed by atoms with Gasteiger partial charge in [0, 0.05) is 18.6 Å². The zero-order valence-electron chi connectivity index (χ0n) is 14.5. The summed E-state index contributed by atoms with van der Waals surface area (Å²) >= 11 is 5.59. The van der Waals surface area contributed by atoms with E-state index in [1.165, 1.54) is 70.6 Å². The molecule has 1 heterocycles. The number of nitrogens with one attached hydrogen (secondary N) is 1. The minimum Gasteiger partial charge on any atom is -0.363 e. The zero-order chi connectivity index (χ0) is 15.5. The first-order valence-corrected chi connectivity index (χ1v) is 9.63. The van der Waals surface area contributed by atoms with E-state index in [0.29, 0.717) is 12.1 Å². The molecular formula is C18H36N2S. The van der Waals surface area contributed by atoms with Crippen LogP contribution in [0.3, 0.4) is 0 Å². The molecule has 0 aromatic carbocycles. The van der Waals surface area contributed by atoms with Crippen LogP contribution in [0.25, 0.3) is 0 Å². The molecule has 1 saturated heterocycles. The Balaban J connectivity index is 2.03. The molecule has 0 spiro atoms. The van der Waals surface area contributed by atoms with Gasteiger partial charge in [0.15, 0.2) is 5.11 Å². The molecule has 124 valence electrons. The lowest BCUT2D eigenvalue weighted by atomic mass is 9.98. The van der Waals surface area contributed by atoms with Crippen LogP contribution in [0.15, 0.2) is 0 Å². The van der Waals surface area contributed by atoms with Gasteiger partial charge in [0.05, 0.1) is 0 Å². The molecule has 0 radical (unpaired) electrons. The van der Waals surface area contributed by atoms with Gasteiger partial charge in [-0.1, -0.05) is 51.9 Å². The Morgan fingerprint density at radius 2 is 1.48 bits per heavy atom. The van der Waals surface area contributed by atoms with Gasteiger partial charge in [0.2, 0.25) is 0 Å². The molecule has 1 N–H and O–H groups in total. The van der Waals surface area contributed by atoms with Crippen LogP contribution in [0.5, 0.6) is 0 Å². The second-order valence-corrected chi connectivity index (χ2v) is 7.13. The van der Waals surface area contributed by atoms with Crippen molar-refractivity contribution in [1.29, 1.82) is 0 Å². The van der Waals surface area contributed by atoms with E-state index in [9.17, 15) is 0 Å². The molecule has 1 fully saturated rings. The van der Waals surface area contributed by atoms with E-state index in [4.69, 9.17) is 12.2 Å². The van der Waals surface area contributed by atoms with E-state index in [1.807, 2.05) is 0 Å². The smallest absolute Gasteiger partial charge is 0.169 e. The first kappa shape index (κ1) is 18.7. The van der Waals surface area contributed by atoms with E-state index in [0.717, 1.165) is 11.7 Å². The van der Waals surface area contributed by atoms with Crippen molar-refractivity contribution in [2.45, 2.75) is 103 Å². The molecule has 0 amide bonds. The minimum atomic E-state index is 0.604. The van der Waals surface area contributed by atoms with Crippen LogP contribution in [0.1, 0.15) is 91.4 Å². The highest BCUT2D eigenvalue weighted by molar-refractivity contribution is 7.80. The number of likely N-dealkylation sites (tertiary alicyclic amines) is 1. The van der Waals surface area contributed by atoms with Crippen LogP contribution >= 0.6 is 12.2 Å². The third-order valence-electron chi connectivity index (χ3n) is 4.73. The summed E-state index contributed by atoms with van der Waals surface area (Å²) in [4.78, 5) is 2.42. The van der Waals surface area contributed by atoms with Crippen molar-refractivity contribution in [3.63, 3.8) is 0 Å². The Labute approximate surface area is 138 Å². The van der Waals surface area contributed by atoms with E-state index < -0.39 is 0 Å². The minimum absolute atomic E-state index is 0.604. The Kier molecular flexibility index (Phi) is 10.1. The number of hydrogen-bond acceptors (Lipinski definition) is 1. The molecule has 2 nitrogen and oxygen atoms in total. The average Bonchev–Trinajstić information content (AvgIpc) is 2.45. The highest BCUT2D eigenvalue weighted by atomic mass is 32.1. The van der Waals surface area contributed by atoms with Gasteiger partial charge < -0.3 is 10.2 Å². The van der Waals surface area contributed by atoms with Crippen molar-refractivity contribution in [3.8, 4) is 0 Å². The van der Waals surface area contributed by atoms with Crippen LogP contribution in [0.2, 0.25) is 0 Å². The monoisotopic (exact) mass is 312 g/mol. The largest absolute Gasteiger partial charge is 0.363 e. The number of nitrogens with zero attached hydrogens (tertiary/aromatic N) is 1. The average molecular weight is 313 g/mol. The molecule has 0 aliphatic carbocycles. The van der Waals surface area contributed by atoms with E-state index in [2.05, 4.69) is 31.0 Å². The maximum atomic E-state index is 5.59. The maximum Gasteiger partial charge on any atom is 0.169 e. The van der Waals surface area contributed by atoms with Gasteiger partial charge in [-0.3, -0.25) is 0 Å². The lowest BCUT2D eigenvalue weighted by molar-refractivity contribution is 0.189. The van der Waals surface area contributed by atoms with Gasteiger partial charge in [-0.15, -0.1) is 0 Å². The summed E-state index contributed by atoms with van der Waals surface area (Å²) in [6.07, 6.45) is 14.9. The van der Waals surface area contributed by atoms with Gasteiger partial charge >= 0.3 is 0 Å². The van der Waals surface area contributed by atoms with Gasteiger partial charge in [-0.05, 0) is 51.7 Å². The zero-order valence-corrected chi connectivity index (χ0v) is 15.3. The Morgan fingerprint density at radius 1 is 0.952 bits per heavy atom. The topological polar surface area (TPSA) is 15.3 Å². The van der Waals surface area contributed by atoms with Crippen LogP contribution in [0.4, 0.5) is 0 Å². The molecule has 0 aromatic rings. The van der Waals surface area contributed by atoms with Gasteiger partial charge in [-0.2, -0.15) is 0 Å². The summed E-state index contributed by atoms with van der Waals surface area (Å²) in [6, 6.07) is 1.21. The maximum absolute atomic E-state index is 5.59. The molecule has 0 bridgehead atoms. The Morgan fingerprint density at radius 3 is 2.05 bits per heavy atom. The number of rotatable bonds is 9. The second kappa shape index (κ2) is 11.3. The van der Waals surface area contributed by atoms with Crippen LogP contribution < -0.4 is 5.32 Å². The molecule has 3 heteroatoms. The molecule has 1 rings (SSSR count). The standard InChI is InChI=1S/C18H36N2S/c1-4-5-6-7-8-9-10-11-15-19-18(21)20-16(2)13-12-14-17(20)3/h16-17H,4-15H2,1-3H3,(H,19,21). The number of piperidine rings is 1. The lowest BCUT2D eigenvalue weighted by Gasteiger charge is -2.41. The Hall–Kier alpha value is -0.310. The van der Waals surface area contributed by atoms with Crippen molar-refractivity contribution in [1.82, 2.24) is 10.2 Å². The molecule has 2 atom stereocenters. The quantitative estimate of drug-likeness (QED) is 0.461. The first-order valence-electron chi connectivity index (χ1n) is 9.23. The highest BCUT2D eigenvalue weighted by Gasteiger charge is 2.26. The van der Waals surface area contributed by atoms with Crippen LogP contribution in [-0.2, 0) is 0 Å². The second-order valence-electron chi connectivity index (χ2n) is 6.74. The molecule has 2 unspecified atom stereocenters. The fourth-order valence-corrected chi connectivity index (χ4v) is 3.83. The van der Waals surface area contributed by atoms with Crippen molar-refractivity contribution in [2.75, 3.05) is 6.54 Å². The predicted molar refractivity (Wildman–Crippen MR) is 97.8 cm³/mol. The third-order valence-corrected chi connectivity index (χ3v) is 5.09. The fraction of sp³-hybridized carbons (Fsp3) is 0.944. The summed E-state index contributed by atoms with van der Waals surface area (Å²) in [6.45, 7) is 7.93. The van der Waals surface area contributed by atoms with E-state index in [-0.39, 0.29) is 0 Å². The summed E-state index contributed by atoms with van der Waals surface area (Å²) in [7, 11) is 0. The van der Waals surface area contributed by atoms with Gasteiger partial charge in [0.25, 0.3) is 0 Å². The van der Waals surface area contributed by atoms with Gasteiger partial charge in [0.1, 0.15) is 0 Å². The normalized spacial score (nSPS) is 22.3. The molecule has 21 heavy (non-hydrogen) atoms. The van der Waals surface area contributed by atoms with Crippen molar-refractivity contribution in [3.05, 3.63) is 0 Å². The Bertz CT molecular complexity index is 270. The molecule has 1 aliphatic rings.